The van der Waals surface area contributed by atoms with E-state index < -0.39 is 0 Å². The Hall–Kier alpha value is -2.61. The number of nitrogens with zero attached hydrogens (tertiary/aromatic N) is 4. The standard InChI is InChI=1S/C14H19N7O/c1-8-5-12(20-21-13(8)14(22)16-4)19-11-6-10(7-15-3)17-9(2)18-11/h5-6,15H,7H2,1-4H3,(H,16,22)(H,17,18,19,20). The molecule has 0 aliphatic carbocycles. The molecule has 116 valence electrons. The number of carbonyl (C=O) groups excluding carboxylic acids is 1. The van der Waals surface area contributed by atoms with Crippen LogP contribution in [0.5, 0.6) is 0 Å². The van der Waals surface area contributed by atoms with E-state index in [2.05, 4.69) is 36.1 Å². The van der Waals surface area contributed by atoms with Crippen LogP contribution in [0.1, 0.15) is 27.6 Å². The van der Waals surface area contributed by atoms with Gasteiger partial charge in [-0.1, -0.05) is 0 Å². The number of aromatic nitrogens is 4. The minimum absolute atomic E-state index is 0.259. The van der Waals surface area contributed by atoms with Gasteiger partial charge < -0.3 is 16.0 Å². The Morgan fingerprint density at radius 2 is 1.86 bits per heavy atom. The summed E-state index contributed by atoms with van der Waals surface area (Å²) in [6.07, 6.45) is 0. The number of amides is 1. The largest absolute Gasteiger partial charge is 0.354 e. The van der Waals surface area contributed by atoms with Gasteiger partial charge in [-0.15, -0.1) is 10.2 Å². The van der Waals surface area contributed by atoms with E-state index in [1.807, 2.05) is 27.0 Å². The Balaban J connectivity index is 2.24. The van der Waals surface area contributed by atoms with E-state index in [4.69, 9.17) is 0 Å². The summed E-state index contributed by atoms with van der Waals surface area (Å²) in [5.74, 6) is 1.57. The van der Waals surface area contributed by atoms with E-state index in [-0.39, 0.29) is 5.91 Å². The fourth-order valence-electron chi connectivity index (χ4n) is 1.99. The molecule has 0 aliphatic heterocycles. The first-order valence-corrected chi connectivity index (χ1v) is 6.86. The summed E-state index contributed by atoms with van der Waals surface area (Å²) in [6, 6.07) is 3.60. The molecule has 0 spiro atoms. The molecule has 8 nitrogen and oxygen atoms in total. The van der Waals surface area contributed by atoms with Gasteiger partial charge in [0, 0.05) is 19.7 Å². The average Bonchev–Trinajstić information content (AvgIpc) is 2.46. The van der Waals surface area contributed by atoms with Crippen LogP contribution in [0.4, 0.5) is 11.6 Å². The molecule has 0 saturated heterocycles. The smallest absolute Gasteiger partial charge is 0.271 e. The van der Waals surface area contributed by atoms with Gasteiger partial charge in [0.25, 0.3) is 5.91 Å². The van der Waals surface area contributed by atoms with Crippen LogP contribution in [0.15, 0.2) is 12.1 Å². The van der Waals surface area contributed by atoms with E-state index in [9.17, 15) is 4.79 Å². The van der Waals surface area contributed by atoms with Crippen LogP contribution in [0, 0.1) is 13.8 Å². The second-order valence-electron chi connectivity index (χ2n) is 4.79. The maximum Gasteiger partial charge on any atom is 0.271 e. The van der Waals surface area contributed by atoms with E-state index in [1.165, 1.54) is 0 Å². The van der Waals surface area contributed by atoms with Gasteiger partial charge in [0.05, 0.1) is 5.69 Å². The molecule has 0 saturated carbocycles. The van der Waals surface area contributed by atoms with E-state index >= 15 is 0 Å². The van der Waals surface area contributed by atoms with Crippen molar-refractivity contribution in [2.24, 2.45) is 0 Å². The zero-order valence-corrected chi connectivity index (χ0v) is 13.1. The zero-order chi connectivity index (χ0) is 16.1. The summed E-state index contributed by atoms with van der Waals surface area (Å²) in [6.45, 7) is 4.29. The highest BCUT2D eigenvalue weighted by molar-refractivity contribution is 5.93. The van der Waals surface area contributed by atoms with Crippen LogP contribution in [0.25, 0.3) is 0 Å². The predicted octanol–water partition coefficient (Wildman–Crippen LogP) is 0.706. The maximum atomic E-state index is 11.6. The first kappa shape index (κ1) is 15.8. The highest BCUT2D eigenvalue weighted by Crippen LogP contribution is 2.15. The number of rotatable bonds is 5. The Bertz CT molecular complexity index is 687. The quantitative estimate of drug-likeness (QED) is 0.747. The molecule has 2 heterocycles. The lowest BCUT2D eigenvalue weighted by Crippen LogP contribution is -2.21. The third-order valence-electron chi connectivity index (χ3n) is 2.93. The van der Waals surface area contributed by atoms with E-state index in [1.54, 1.807) is 13.1 Å². The number of carbonyl (C=O) groups is 1. The van der Waals surface area contributed by atoms with Crippen molar-refractivity contribution in [3.63, 3.8) is 0 Å². The fraction of sp³-hybridized carbons (Fsp3) is 0.357. The van der Waals surface area contributed by atoms with Crippen molar-refractivity contribution in [2.75, 3.05) is 19.4 Å². The number of anilines is 2. The van der Waals surface area contributed by atoms with Crippen LogP contribution in [0.3, 0.4) is 0 Å². The van der Waals surface area contributed by atoms with Gasteiger partial charge in [0.1, 0.15) is 11.6 Å². The zero-order valence-electron chi connectivity index (χ0n) is 13.1. The van der Waals surface area contributed by atoms with Crippen LogP contribution in [0.2, 0.25) is 0 Å². The fourth-order valence-corrected chi connectivity index (χ4v) is 1.99. The molecule has 0 atom stereocenters. The van der Waals surface area contributed by atoms with Crippen LogP contribution < -0.4 is 16.0 Å². The second kappa shape index (κ2) is 6.90. The summed E-state index contributed by atoms with van der Waals surface area (Å²) < 4.78 is 0. The summed E-state index contributed by atoms with van der Waals surface area (Å²) in [7, 11) is 3.42. The Labute approximate surface area is 128 Å². The minimum atomic E-state index is -0.259. The molecular formula is C14H19N7O. The lowest BCUT2D eigenvalue weighted by molar-refractivity contribution is 0.0956. The third-order valence-corrected chi connectivity index (χ3v) is 2.93. The van der Waals surface area contributed by atoms with Crippen molar-refractivity contribution in [3.8, 4) is 0 Å². The Morgan fingerprint density at radius 1 is 1.09 bits per heavy atom. The molecule has 2 rings (SSSR count). The molecule has 22 heavy (non-hydrogen) atoms. The topological polar surface area (TPSA) is 105 Å². The van der Waals surface area contributed by atoms with Gasteiger partial charge >= 0.3 is 0 Å². The molecule has 2 aromatic rings. The van der Waals surface area contributed by atoms with Crippen molar-refractivity contribution in [3.05, 3.63) is 34.9 Å². The predicted molar refractivity (Wildman–Crippen MR) is 83.0 cm³/mol. The van der Waals surface area contributed by atoms with Gasteiger partial charge in [0.15, 0.2) is 11.5 Å². The van der Waals surface area contributed by atoms with Crippen LogP contribution in [-0.4, -0.2) is 40.2 Å². The lowest BCUT2D eigenvalue weighted by atomic mass is 10.2. The van der Waals surface area contributed by atoms with E-state index in [0.717, 1.165) is 11.3 Å². The van der Waals surface area contributed by atoms with Crippen molar-refractivity contribution in [1.29, 1.82) is 0 Å². The number of hydrogen-bond donors (Lipinski definition) is 3. The summed E-state index contributed by atoms with van der Waals surface area (Å²) in [5, 5.41) is 16.6. The normalized spacial score (nSPS) is 10.4. The molecule has 0 radical (unpaired) electrons. The highest BCUT2D eigenvalue weighted by Gasteiger charge is 2.11. The number of aryl methyl sites for hydroxylation is 2. The second-order valence-corrected chi connectivity index (χ2v) is 4.79. The lowest BCUT2D eigenvalue weighted by Gasteiger charge is -2.09. The molecule has 0 bridgehead atoms. The van der Waals surface area contributed by atoms with Crippen molar-refractivity contribution < 1.29 is 4.79 Å². The monoisotopic (exact) mass is 301 g/mol. The van der Waals surface area contributed by atoms with Gasteiger partial charge in [0.2, 0.25) is 0 Å². The summed E-state index contributed by atoms with van der Waals surface area (Å²) >= 11 is 0. The van der Waals surface area contributed by atoms with Gasteiger partial charge in [-0.2, -0.15) is 0 Å². The van der Waals surface area contributed by atoms with Crippen molar-refractivity contribution in [2.45, 2.75) is 20.4 Å². The van der Waals surface area contributed by atoms with Crippen LogP contribution in [-0.2, 0) is 6.54 Å². The molecule has 3 N–H and O–H groups in total. The third kappa shape index (κ3) is 3.73. The molecule has 1 amide bonds. The van der Waals surface area contributed by atoms with E-state index in [0.29, 0.717) is 29.7 Å². The molecule has 0 aromatic carbocycles. The Kier molecular flexibility index (Phi) is 4.95. The molecule has 0 fully saturated rings. The van der Waals surface area contributed by atoms with Crippen LogP contribution >= 0.6 is 0 Å². The van der Waals surface area contributed by atoms with Gasteiger partial charge in [-0.25, -0.2) is 9.97 Å². The molecule has 8 heteroatoms. The average molecular weight is 301 g/mol. The molecule has 0 aliphatic rings. The highest BCUT2D eigenvalue weighted by atomic mass is 16.1. The molecular weight excluding hydrogens is 282 g/mol. The SMILES string of the molecule is CNCc1cc(Nc2cc(C)c(C(=O)NC)nn2)nc(C)n1. The van der Waals surface area contributed by atoms with Crippen molar-refractivity contribution in [1.82, 2.24) is 30.8 Å². The first-order chi connectivity index (χ1) is 10.5. The minimum Gasteiger partial charge on any atom is -0.354 e. The summed E-state index contributed by atoms with van der Waals surface area (Å²) in [4.78, 5) is 20.2. The van der Waals surface area contributed by atoms with Crippen molar-refractivity contribution >= 4 is 17.5 Å². The number of hydrogen-bond acceptors (Lipinski definition) is 7. The van der Waals surface area contributed by atoms with Gasteiger partial charge in [-0.05, 0) is 32.5 Å². The molecule has 2 aromatic heterocycles. The van der Waals surface area contributed by atoms with Gasteiger partial charge in [-0.3, -0.25) is 4.79 Å². The maximum absolute atomic E-state index is 11.6. The summed E-state index contributed by atoms with van der Waals surface area (Å²) in [5.41, 5.74) is 1.92. The Morgan fingerprint density at radius 3 is 2.50 bits per heavy atom. The number of nitrogens with one attached hydrogen (secondary N) is 3. The molecule has 0 unspecified atom stereocenters. The first-order valence-electron chi connectivity index (χ1n) is 6.86.